The molecule has 1 heterocycles. The first-order chi connectivity index (χ1) is 9.49. The highest BCUT2D eigenvalue weighted by atomic mass is 19.4. The summed E-state index contributed by atoms with van der Waals surface area (Å²) in [6, 6.07) is 6.95. The van der Waals surface area contributed by atoms with Gasteiger partial charge in [0.15, 0.2) is 0 Å². The van der Waals surface area contributed by atoms with Crippen LogP contribution < -0.4 is 5.73 Å². The zero-order chi connectivity index (χ0) is 14.6. The summed E-state index contributed by atoms with van der Waals surface area (Å²) >= 11 is 0. The van der Waals surface area contributed by atoms with Gasteiger partial charge in [0.25, 0.3) is 0 Å². The third-order valence-electron chi connectivity index (χ3n) is 2.78. The average molecular weight is 281 g/mol. The summed E-state index contributed by atoms with van der Waals surface area (Å²) in [6.45, 7) is 0.472. The van der Waals surface area contributed by atoms with E-state index in [9.17, 15) is 13.2 Å². The van der Waals surface area contributed by atoms with Gasteiger partial charge < -0.3 is 5.73 Å². The summed E-state index contributed by atoms with van der Waals surface area (Å²) in [6.07, 6.45) is -1.85. The standard InChI is InChI=1S/C14H14F3N3/c15-14(16,17)11-3-1-2-10(8-11)9-13-19-7-5-12(20-13)4-6-18/h1-3,5,7-8H,4,6,9,18H2. The molecule has 2 N–H and O–H groups in total. The highest BCUT2D eigenvalue weighted by Gasteiger charge is 2.30. The molecule has 106 valence electrons. The molecule has 0 radical (unpaired) electrons. The smallest absolute Gasteiger partial charge is 0.330 e. The molecule has 0 aliphatic rings. The second kappa shape index (κ2) is 6.00. The lowest BCUT2D eigenvalue weighted by molar-refractivity contribution is -0.137. The van der Waals surface area contributed by atoms with Gasteiger partial charge in [-0.2, -0.15) is 13.2 Å². The first-order valence-corrected chi connectivity index (χ1v) is 6.16. The Morgan fingerprint density at radius 2 is 1.95 bits per heavy atom. The van der Waals surface area contributed by atoms with Crippen LogP contribution in [0.3, 0.4) is 0 Å². The fraction of sp³-hybridized carbons (Fsp3) is 0.286. The lowest BCUT2D eigenvalue weighted by Crippen LogP contribution is -2.08. The fourth-order valence-electron chi connectivity index (χ4n) is 1.85. The van der Waals surface area contributed by atoms with Gasteiger partial charge in [0, 0.05) is 24.7 Å². The van der Waals surface area contributed by atoms with Crippen molar-refractivity contribution >= 4 is 0 Å². The van der Waals surface area contributed by atoms with E-state index in [1.54, 1.807) is 18.3 Å². The van der Waals surface area contributed by atoms with Gasteiger partial charge in [-0.1, -0.05) is 18.2 Å². The number of nitrogens with two attached hydrogens (primary N) is 1. The number of alkyl halides is 3. The number of rotatable bonds is 4. The Bertz CT molecular complexity index is 582. The van der Waals surface area contributed by atoms with Crippen LogP contribution in [0.2, 0.25) is 0 Å². The molecule has 0 saturated heterocycles. The molecule has 0 saturated carbocycles. The zero-order valence-electron chi connectivity index (χ0n) is 10.7. The normalized spacial score (nSPS) is 11.6. The maximum atomic E-state index is 12.6. The number of hydrogen-bond acceptors (Lipinski definition) is 3. The van der Waals surface area contributed by atoms with Crippen molar-refractivity contribution in [2.45, 2.75) is 19.0 Å². The van der Waals surface area contributed by atoms with Gasteiger partial charge in [0.05, 0.1) is 5.56 Å². The number of hydrogen-bond donors (Lipinski definition) is 1. The molecule has 0 spiro atoms. The summed E-state index contributed by atoms with van der Waals surface area (Å²) in [5.41, 5.74) is 6.11. The van der Waals surface area contributed by atoms with E-state index < -0.39 is 11.7 Å². The predicted molar refractivity (Wildman–Crippen MR) is 69.0 cm³/mol. The van der Waals surface area contributed by atoms with Crippen LogP contribution in [0.25, 0.3) is 0 Å². The van der Waals surface area contributed by atoms with E-state index in [1.165, 1.54) is 6.07 Å². The maximum absolute atomic E-state index is 12.6. The summed E-state index contributed by atoms with van der Waals surface area (Å²) in [5.74, 6) is 0.496. The second-order valence-electron chi connectivity index (χ2n) is 4.38. The topological polar surface area (TPSA) is 51.8 Å². The van der Waals surface area contributed by atoms with E-state index >= 15 is 0 Å². The van der Waals surface area contributed by atoms with Crippen LogP contribution in [0.1, 0.15) is 22.6 Å². The third-order valence-corrected chi connectivity index (χ3v) is 2.78. The van der Waals surface area contributed by atoms with Crippen molar-refractivity contribution in [2.24, 2.45) is 5.73 Å². The van der Waals surface area contributed by atoms with E-state index in [0.29, 0.717) is 24.4 Å². The maximum Gasteiger partial charge on any atom is 0.416 e. The number of aromatic nitrogens is 2. The molecule has 0 unspecified atom stereocenters. The first kappa shape index (κ1) is 14.5. The molecule has 20 heavy (non-hydrogen) atoms. The molecule has 2 rings (SSSR count). The third kappa shape index (κ3) is 3.77. The molecule has 6 heteroatoms. The minimum atomic E-state index is -4.34. The Kier molecular flexibility index (Phi) is 4.34. The number of nitrogens with zero attached hydrogens (tertiary/aromatic N) is 2. The van der Waals surface area contributed by atoms with Crippen molar-refractivity contribution in [3.05, 3.63) is 59.2 Å². The zero-order valence-corrected chi connectivity index (χ0v) is 10.7. The SMILES string of the molecule is NCCc1ccnc(Cc2cccc(C(F)(F)F)c2)n1. The lowest BCUT2D eigenvalue weighted by Gasteiger charge is -2.08. The summed E-state index contributed by atoms with van der Waals surface area (Å²) in [4.78, 5) is 8.35. The molecule has 0 bridgehead atoms. The van der Waals surface area contributed by atoms with Crippen LogP contribution in [-0.4, -0.2) is 16.5 Å². The summed E-state index contributed by atoms with van der Waals surface area (Å²) in [7, 11) is 0. The van der Waals surface area contributed by atoms with Crippen LogP contribution in [-0.2, 0) is 19.0 Å². The predicted octanol–water partition coefficient (Wildman–Crippen LogP) is 2.59. The van der Waals surface area contributed by atoms with Crippen LogP contribution in [0.15, 0.2) is 36.5 Å². The Hall–Kier alpha value is -1.95. The van der Waals surface area contributed by atoms with Gasteiger partial charge in [-0.05, 0) is 24.2 Å². The molecule has 1 aromatic carbocycles. The van der Waals surface area contributed by atoms with Crippen LogP contribution in [0.5, 0.6) is 0 Å². The van der Waals surface area contributed by atoms with Gasteiger partial charge in [-0.3, -0.25) is 0 Å². The molecule has 1 aromatic heterocycles. The van der Waals surface area contributed by atoms with E-state index in [1.807, 2.05) is 0 Å². The molecule has 3 nitrogen and oxygen atoms in total. The Labute approximate surface area is 114 Å². The molecule has 0 amide bonds. The molecular weight excluding hydrogens is 267 g/mol. The highest BCUT2D eigenvalue weighted by Crippen LogP contribution is 2.29. The van der Waals surface area contributed by atoms with E-state index in [2.05, 4.69) is 9.97 Å². The average Bonchev–Trinajstić information content (AvgIpc) is 2.39. The van der Waals surface area contributed by atoms with Gasteiger partial charge in [-0.15, -0.1) is 0 Å². The Morgan fingerprint density at radius 3 is 2.65 bits per heavy atom. The minimum Gasteiger partial charge on any atom is -0.330 e. The van der Waals surface area contributed by atoms with Crippen molar-refractivity contribution < 1.29 is 13.2 Å². The first-order valence-electron chi connectivity index (χ1n) is 6.16. The van der Waals surface area contributed by atoms with Gasteiger partial charge in [0.2, 0.25) is 0 Å². The van der Waals surface area contributed by atoms with Crippen molar-refractivity contribution in [3.63, 3.8) is 0 Å². The quantitative estimate of drug-likeness (QED) is 0.937. The van der Waals surface area contributed by atoms with Gasteiger partial charge in [0.1, 0.15) is 5.82 Å². The fourth-order valence-corrected chi connectivity index (χ4v) is 1.85. The van der Waals surface area contributed by atoms with Crippen molar-refractivity contribution in [2.75, 3.05) is 6.54 Å². The van der Waals surface area contributed by atoms with Crippen LogP contribution in [0, 0.1) is 0 Å². The Balaban J connectivity index is 2.19. The van der Waals surface area contributed by atoms with Crippen molar-refractivity contribution in [3.8, 4) is 0 Å². The summed E-state index contributed by atoms with van der Waals surface area (Å²) in [5, 5.41) is 0. The Morgan fingerprint density at radius 1 is 1.15 bits per heavy atom. The summed E-state index contributed by atoms with van der Waals surface area (Å²) < 4.78 is 37.9. The molecule has 2 aromatic rings. The minimum absolute atomic E-state index is 0.266. The monoisotopic (exact) mass is 281 g/mol. The molecule has 0 aliphatic heterocycles. The highest BCUT2D eigenvalue weighted by molar-refractivity contribution is 5.27. The molecule has 0 atom stereocenters. The molecule has 0 fully saturated rings. The van der Waals surface area contributed by atoms with Crippen LogP contribution in [0.4, 0.5) is 13.2 Å². The second-order valence-corrected chi connectivity index (χ2v) is 4.38. The molecular formula is C14H14F3N3. The van der Waals surface area contributed by atoms with E-state index in [0.717, 1.165) is 17.8 Å². The molecule has 0 aliphatic carbocycles. The van der Waals surface area contributed by atoms with Crippen molar-refractivity contribution in [1.29, 1.82) is 0 Å². The van der Waals surface area contributed by atoms with Crippen molar-refractivity contribution in [1.82, 2.24) is 9.97 Å². The van der Waals surface area contributed by atoms with E-state index in [4.69, 9.17) is 5.73 Å². The largest absolute Gasteiger partial charge is 0.416 e. The van der Waals surface area contributed by atoms with Gasteiger partial charge in [-0.25, -0.2) is 9.97 Å². The van der Waals surface area contributed by atoms with E-state index in [-0.39, 0.29) is 6.42 Å². The lowest BCUT2D eigenvalue weighted by atomic mass is 10.1. The number of benzene rings is 1. The number of halogens is 3. The van der Waals surface area contributed by atoms with Crippen LogP contribution >= 0.6 is 0 Å². The van der Waals surface area contributed by atoms with Gasteiger partial charge >= 0.3 is 6.18 Å².